The van der Waals surface area contributed by atoms with Crippen LogP contribution in [0.3, 0.4) is 0 Å². The van der Waals surface area contributed by atoms with E-state index in [9.17, 15) is 19.5 Å². The molecule has 45 heavy (non-hydrogen) atoms. The van der Waals surface area contributed by atoms with E-state index < -0.39 is 35.0 Å². The molecule has 0 spiro atoms. The second kappa shape index (κ2) is 15.1. The van der Waals surface area contributed by atoms with Crippen molar-refractivity contribution in [3.8, 4) is 11.5 Å². The van der Waals surface area contributed by atoms with E-state index >= 15 is 0 Å². The van der Waals surface area contributed by atoms with E-state index in [0.717, 1.165) is 41.9 Å². The van der Waals surface area contributed by atoms with Crippen LogP contribution in [0.5, 0.6) is 11.5 Å². The maximum Gasteiger partial charge on any atom is 0.410 e. The van der Waals surface area contributed by atoms with Gasteiger partial charge in [-0.15, -0.1) is 0 Å². The van der Waals surface area contributed by atoms with E-state index in [-0.39, 0.29) is 24.9 Å². The number of rotatable bonds is 12. The van der Waals surface area contributed by atoms with Crippen molar-refractivity contribution in [1.82, 2.24) is 15.5 Å². The molecule has 2 aliphatic heterocycles. The van der Waals surface area contributed by atoms with Crippen LogP contribution < -0.4 is 15.4 Å². The normalized spacial score (nSPS) is 19.4. The van der Waals surface area contributed by atoms with Gasteiger partial charge < -0.3 is 34.9 Å². The number of amides is 3. The maximum absolute atomic E-state index is 14.0. The summed E-state index contributed by atoms with van der Waals surface area (Å²) >= 11 is 0. The molecule has 2 heterocycles. The summed E-state index contributed by atoms with van der Waals surface area (Å²) in [7, 11) is 1.69. The number of methoxy groups -OCH3 is 1. The Morgan fingerprint density at radius 2 is 1.56 bits per heavy atom. The largest absolute Gasteiger partial charge is 0.457 e. The van der Waals surface area contributed by atoms with E-state index in [2.05, 4.69) is 22.8 Å². The summed E-state index contributed by atoms with van der Waals surface area (Å²) in [6, 6.07) is 15.9. The maximum atomic E-state index is 14.0. The number of likely N-dealkylation sites (tertiary alicyclic amines) is 1. The van der Waals surface area contributed by atoms with Crippen LogP contribution in [-0.4, -0.2) is 79.5 Å². The van der Waals surface area contributed by atoms with Crippen molar-refractivity contribution in [3.63, 3.8) is 0 Å². The lowest BCUT2D eigenvalue weighted by molar-refractivity contribution is -0.131. The van der Waals surface area contributed by atoms with Gasteiger partial charge in [-0.05, 0) is 71.9 Å². The molecule has 1 fully saturated rings. The summed E-state index contributed by atoms with van der Waals surface area (Å²) in [5.41, 5.74) is 0.749. The van der Waals surface area contributed by atoms with Crippen LogP contribution >= 0.6 is 0 Å². The van der Waals surface area contributed by atoms with Gasteiger partial charge in [0.2, 0.25) is 11.8 Å². The highest BCUT2D eigenvalue weighted by Crippen LogP contribution is 2.50. The Kier molecular flexibility index (Phi) is 11.5. The van der Waals surface area contributed by atoms with Gasteiger partial charge in [0.05, 0.1) is 17.9 Å². The minimum absolute atomic E-state index is 0.148. The molecule has 246 valence electrons. The smallest absolute Gasteiger partial charge is 0.410 e. The van der Waals surface area contributed by atoms with Crippen molar-refractivity contribution >= 4 is 17.9 Å². The molecule has 3 atom stereocenters. The average molecular weight is 624 g/mol. The molecule has 0 unspecified atom stereocenters. The number of ether oxygens (including phenoxy) is 3. The first-order chi connectivity index (χ1) is 21.4. The van der Waals surface area contributed by atoms with Gasteiger partial charge in [0.15, 0.2) is 0 Å². The fourth-order valence-electron chi connectivity index (χ4n) is 6.27. The third kappa shape index (κ3) is 8.76. The Labute approximate surface area is 266 Å². The fourth-order valence-corrected chi connectivity index (χ4v) is 6.27. The first kappa shape index (κ1) is 34.2. The van der Waals surface area contributed by atoms with Gasteiger partial charge in [0, 0.05) is 56.4 Å². The predicted molar refractivity (Wildman–Crippen MR) is 171 cm³/mol. The van der Waals surface area contributed by atoms with Crippen molar-refractivity contribution in [2.75, 3.05) is 39.9 Å². The summed E-state index contributed by atoms with van der Waals surface area (Å²) in [4.78, 5) is 41.8. The van der Waals surface area contributed by atoms with Crippen molar-refractivity contribution < 1.29 is 33.7 Å². The van der Waals surface area contributed by atoms with Crippen LogP contribution in [-0.2, 0) is 24.5 Å². The molecular formula is C35H49N3O7. The molecular weight excluding hydrogens is 574 g/mol. The minimum atomic E-state index is -0.722. The zero-order valence-electron chi connectivity index (χ0n) is 27.3. The lowest BCUT2D eigenvalue weighted by atomic mass is 9.69. The SMILES string of the molecule is COCCCCC1(CNC(=O)[C@H]2C[C@@H](C(=O)NCC[C@H](C)O)CN(C(=O)OC(C)(C)C)C2)c2ccccc2Oc2ccccc21. The van der Waals surface area contributed by atoms with Gasteiger partial charge in [-0.1, -0.05) is 36.4 Å². The first-order valence-corrected chi connectivity index (χ1v) is 16.0. The summed E-state index contributed by atoms with van der Waals surface area (Å²) in [6.07, 6.45) is 2.12. The number of para-hydroxylation sites is 2. The molecule has 2 aliphatic rings. The second-order valence-electron chi connectivity index (χ2n) is 13.3. The molecule has 0 saturated carbocycles. The average Bonchev–Trinajstić information content (AvgIpc) is 3.00. The monoisotopic (exact) mass is 623 g/mol. The Bertz CT molecular complexity index is 1280. The predicted octanol–water partition coefficient (Wildman–Crippen LogP) is 4.77. The van der Waals surface area contributed by atoms with Crippen molar-refractivity contribution in [2.45, 2.75) is 76.9 Å². The van der Waals surface area contributed by atoms with E-state index in [1.807, 2.05) is 36.4 Å². The number of benzene rings is 2. The number of hydrogen-bond acceptors (Lipinski definition) is 7. The molecule has 3 amide bonds. The van der Waals surface area contributed by atoms with Gasteiger partial charge in [0.25, 0.3) is 0 Å². The summed E-state index contributed by atoms with van der Waals surface area (Å²) < 4.78 is 17.2. The van der Waals surface area contributed by atoms with Crippen molar-refractivity contribution in [1.29, 1.82) is 0 Å². The zero-order valence-corrected chi connectivity index (χ0v) is 27.3. The third-order valence-corrected chi connectivity index (χ3v) is 8.50. The zero-order chi connectivity index (χ0) is 32.6. The van der Waals surface area contributed by atoms with Gasteiger partial charge in [-0.3, -0.25) is 9.59 Å². The van der Waals surface area contributed by atoms with E-state index in [4.69, 9.17) is 14.2 Å². The first-order valence-electron chi connectivity index (χ1n) is 16.0. The molecule has 1 saturated heterocycles. The lowest BCUT2D eigenvalue weighted by Gasteiger charge is -2.41. The molecule has 3 N–H and O–H groups in total. The number of nitrogens with one attached hydrogen (secondary N) is 2. The molecule has 0 bridgehead atoms. The summed E-state index contributed by atoms with van der Waals surface area (Å²) in [5.74, 6) is -0.149. The van der Waals surface area contributed by atoms with Crippen LogP contribution in [0, 0.1) is 11.8 Å². The Morgan fingerprint density at radius 1 is 0.978 bits per heavy atom. The number of piperidine rings is 1. The van der Waals surface area contributed by atoms with Crippen LogP contribution in [0.25, 0.3) is 0 Å². The molecule has 0 radical (unpaired) electrons. The summed E-state index contributed by atoms with van der Waals surface area (Å²) in [5, 5.41) is 15.7. The standard InChI is InChI=1S/C35H49N3O7/c1-24(39)16-18-36-31(40)25-20-26(22-38(21-25)33(42)45-34(2,3)4)32(41)37-23-35(17-10-11-19-43-5)27-12-6-8-14-29(27)44-30-15-9-7-13-28(30)35/h6-9,12-15,24-26,39H,10-11,16-23H2,1-5H3,(H,36,40)(H,37,41)/t24-,25+,26-/m0/s1. The number of nitrogens with zero attached hydrogens (tertiary/aromatic N) is 1. The van der Waals surface area contributed by atoms with Gasteiger partial charge in [-0.25, -0.2) is 4.79 Å². The summed E-state index contributed by atoms with van der Waals surface area (Å²) in [6.45, 7) is 8.60. The molecule has 10 nitrogen and oxygen atoms in total. The van der Waals surface area contributed by atoms with Crippen molar-refractivity contribution in [3.05, 3.63) is 59.7 Å². The Balaban J connectivity index is 1.58. The van der Waals surface area contributed by atoms with Crippen LogP contribution in [0.2, 0.25) is 0 Å². The van der Waals surface area contributed by atoms with Gasteiger partial charge in [-0.2, -0.15) is 0 Å². The highest BCUT2D eigenvalue weighted by Gasteiger charge is 2.43. The number of unbranched alkanes of at least 4 members (excludes halogenated alkanes) is 1. The lowest BCUT2D eigenvalue weighted by Crippen LogP contribution is -2.54. The number of carbonyl (C=O) groups is 3. The molecule has 2 aromatic rings. The van der Waals surface area contributed by atoms with Crippen LogP contribution in [0.15, 0.2) is 48.5 Å². The second-order valence-corrected chi connectivity index (χ2v) is 13.3. The topological polar surface area (TPSA) is 126 Å². The number of aliphatic hydroxyl groups is 1. The quantitative estimate of drug-likeness (QED) is 0.291. The number of hydrogen-bond donors (Lipinski definition) is 3. The molecule has 0 aliphatic carbocycles. The Morgan fingerprint density at radius 3 is 2.11 bits per heavy atom. The molecule has 4 rings (SSSR count). The van der Waals surface area contributed by atoms with Crippen LogP contribution in [0.4, 0.5) is 4.79 Å². The fraction of sp³-hybridized carbons (Fsp3) is 0.571. The van der Waals surface area contributed by atoms with Crippen molar-refractivity contribution in [2.24, 2.45) is 11.8 Å². The highest BCUT2D eigenvalue weighted by molar-refractivity contribution is 5.84. The van der Waals surface area contributed by atoms with Crippen LogP contribution in [0.1, 0.15) is 70.9 Å². The number of aliphatic hydroxyl groups excluding tert-OH is 1. The third-order valence-electron chi connectivity index (χ3n) is 8.50. The minimum Gasteiger partial charge on any atom is -0.457 e. The molecule has 2 aromatic carbocycles. The number of fused-ring (bicyclic) bond motifs is 2. The van der Waals surface area contributed by atoms with Gasteiger partial charge >= 0.3 is 6.09 Å². The highest BCUT2D eigenvalue weighted by atomic mass is 16.6. The van der Waals surface area contributed by atoms with Gasteiger partial charge in [0.1, 0.15) is 17.1 Å². The van der Waals surface area contributed by atoms with E-state index in [1.54, 1.807) is 34.8 Å². The molecule has 10 heteroatoms. The Hall–Kier alpha value is -3.63. The van der Waals surface area contributed by atoms with E-state index in [1.165, 1.54) is 4.90 Å². The molecule has 0 aromatic heterocycles. The van der Waals surface area contributed by atoms with E-state index in [0.29, 0.717) is 32.5 Å². The number of carbonyl (C=O) groups excluding carboxylic acids is 3.